The molecule has 1 aliphatic heterocycles. The predicted octanol–water partition coefficient (Wildman–Crippen LogP) is -1.29. The van der Waals surface area contributed by atoms with E-state index in [1.54, 1.807) is 6.92 Å². The van der Waals surface area contributed by atoms with Crippen molar-refractivity contribution < 1.29 is 34.4 Å². The van der Waals surface area contributed by atoms with Crippen molar-refractivity contribution in [2.75, 3.05) is 19.8 Å². The minimum absolute atomic E-state index is 0.114. The van der Waals surface area contributed by atoms with E-state index in [-0.39, 0.29) is 25.8 Å². The van der Waals surface area contributed by atoms with Crippen molar-refractivity contribution >= 4 is 18.0 Å². The number of amides is 2. The number of hydrogen-bond acceptors (Lipinski definition) is 5. The summed E-state index contributed by atoms with van der Waals surface area (Å²) >= 11 is 0. The largest absolute Gasteiger partial charge is 0.481 e. The molecule has 9 heteroatoms. The topological polar surface area (TPSA) is 136 Å². The number of morpholine rings is 1. The fraction of sp³-hybridized carbons (Fsp3) is 0.727. The maximum Gasteiger partial charge on any atom is 0.326 e. The van der Waals surface area contributed by atoms with Gasteiger partial charge in [0.05, 0.1) is 38.3 Å². The van der Waals surface area contributed by atoms with Gasteiger partial charge in [0.1, 0.15) is 6.04 Å². The molecule has 2 amide bonds. The van der Waals surface area contributed by atoms with Gasteiger partial charge in [-0.05, 0) is 6.92 Å². The third-order valence-electron chi connectivity index (χ3n) is 2.94. The molecule has 1 aliphatic rings. The predicted molar refractivity (Wildman–Crippen MR) is 65.2 cm³/mol. The molecule has 114 valence electrons. The Bertz CT molecular complexity index is 387. The molecule has 0 aromatic carbocycles. The lowest BCUT2D eigenvalue weighted by atomic mass is 10.2. The Morgan fingerprint density at radius 2 is 2.05 bits per heavy atom. The number of carboxylic acid groups (broad SMARTS) is 2. The molecular formula is C11H18N2O7. The molecule has 0 spiro atoms. The first-order valence-corrected chi connectivity index (χ1v) is 6.09. The van der Waals surface area contributed by atoms with Crippen LogP contribution in [0.25, 0.3) is 0 Å². The molecule has 0 aliphatic carbocycles. The third-order valence-corrected chi connectivity index (χ3v) is 2.94. The number of carbonyl (C=O) groups excluding carboxylic acids is 1. The number of carbonyl (C=O) groups is 3. The van der Waals surface area contributed by atoms with Gasteiger partial charge in [0, 0.05) is 0 Å². The zero-order valence-electron chi connectivity index (χ0n) is 11.0. The SMILES string of the molecule is CC1COC(CO)CN1C(=O)N[C@H](CC(=O)O)C(=O)O. The fourth-order valence-electron chi connectivity index (χ4n) is 1.82. The first-order chi connectivity index (χ1) is 9.35. The highest BCUT2D eigenvalue weighted by Crippen LogP contribution is 2.12. The highest BCUT2D eigenvalue weighted by Gasteiger charge is 2.32. The molecule has 1 fully saturated rings. The van der Waals surface area contributed by atoms with Gasteiger partial charge in [-0.2, -0.15) is 0 Å². The lowest BCUT2D eigenvalue weighted by molar-refractivity contribution is -0.145. The summed E-state index contributed by atoms with van der Waals surface area (Å²) in [5.41, 5.74) is 0. The first-order valence-electron chi connectivity index (χ1n) is 6.09. The van der Waals surface area contributed by atoms with Gasteiger partial charge in [-0.1, -0.05) is 0 Å². The Labute approximate surface area is 115 Å². The lowest BCUT2D eigenvalue weighted by Crippen LogP contribution is -2.57. The van der Waals surface area contributed by atoms with Gasteiger partial charge in [-0.25, -0.2) is 9.59 Å². The molecule has 0 bridgehead atoms. The molecule has 0 aromatic rings. The highest BCUT2D eigenvalue weighted by atomic mass is 16.5. The Balaban J connectivity index is 2.67. The molecule has 2 unspecified atom stereocenters. The molecule has 20 heavy (non-hydrogen) atoms. The summed E-state index contributed by atoms with van der Waals surface area (Å²) in [5.74, 6) is -2.73. The molecule has 1 heterocycles. The molecule has 4 N–H and O–H groups in total. The fourth-order valence-corrected chi connectivity index (χ4v) is 1.82. The molecule has 0 saturated carbocycles. The average molecular weight is 290 g/mol. The van der Waals surface area contributed by atoms with Gasteiger partial charge in [0.2, 0.25) is 0 Å². The van der Waals surface area contributed by atoms with Gasteiger partial charge in [-0.3, -0.25) is 4.79 Å². The van der Waals surface area contributed by atoms with Crippen LogP contribution >= 0.6 is 0 Å². The van der Waals surface area contributed by atoms with Crippen molar-refractivity contribution in [2.45, 2.75) is 31.5 Å². The minimum atomic E-state index is -1.50. The number of aliphatic hydroxyl groups is 1. The molecule has 0 radical (unpaired) electrons. The summed E-state index contributed by atoms with van der Waals surface area (Å²) in [6.07, 6.45) is -1.23. The van der Waals surface area contributed by atoms with Crippen molar-refractivity contribution in [2.24, 2.45) is 0 Å². The van der Waals surface area contributed by atoms with Gasteiger partial charge in [-0.15, -0.1) is 0 Å². The maximum absolute atomic E-state index is 12.0. The van der Waals surface area contributed by atoms with Crippen LogP contribution in [0, 0.1) is 0 Å². The summed E-state index contributed by atoms with van der Waals surface area (Å²) in [6, 6.07) is -2.48. The van der Waals surface area contributed by atoms with Gasteiger partial charge < -0.3 is 30.3 Å². The summed E-state index contributed by atoms with van der Waals surface area (Å²) in [6.45, 7) is 1.78. The van der Waals surface area contributed by atoms with E-state index in [1.165, 1.54) is 4.90 Å². The van der Waals surface area contributed by atoms with Crippen LogP contribution < -0.4 is 5.32 Å². The Morgan fingerprint density at radius 1 is 1.40 bits per heavy atom. The second-order valence-corrected chi connectivity index (χ2v) is 4.58. The Morgan fingerprint density at radius 3 is 2.55 bits per heavy atom. The number of nitrogens with one attached hydrogen (secondary N) is 1. The number of nitrogens with zero attached hydrogens (tertiary/aromatic N) is 1. The number of carboxylic acids is 2. The van der Waals surface area contributed by atoms with Crippen LogP contribution in [0.2, 0.25) is 0 Å². The smallest absolute Gasteiger partial charge is 0.326 e. The molecular weight excluding hydrogens is 272 g/mol. The van der Waals surface area contributed by atoms with Crippen LogP contribution in [-0.2, 0) is 14.3 Å². The first kappa shape index (κ1) is 16.2. The van der Waals surface area contributed by atoms with E-state index in [9.17, 15) is 14.4 Å². The number of ether oxygens (including phenoxy) is 1. The summed E-state index contributed by atoms with van der Waals surface area (Å²) < 4.78 is 5.25. The van der Waals surface area contributed by atoms with E-state index in [0.29, 0.717) is 0 Å². The van der Waals surface area contributed by atoms with E-state index in [0.717, 1.165) is 0 Å². The van der Waals surface area contributed by atoms with Gasteiger partial charge in [0.15, 0.2) is 0 Å². The zero-order chi connectivity index (χ0) is 15.3. The van der Waals surface area contributed by atoms with Crippen molar-refractivity contribution in [1.29, 1.82) is 0 Å². The van der Waals surface area contributed by atoms with Crippen LogP contribution in [0.15, 0.2) is 0 Å². The van der Waals surface area contributed by atoms with Crippen LogP contribution in [0.5, 0.6) is 0 Å². The Hall–Kier alpha value is -1.87. The maximum atomic E-state index is 12.0. The standard InChI is InChI=1S/C11H18N2O7/c1-6-5-20-7(4-14)3-13(6)11(19)12-8(10(17)18)2-9(15)16/h6-8,14H,2-5H2,1H3,(H,12,19)(H,15,16)(H,17,18)/t6?,7?,8-/m1/s1. The van der Waals surface area contributed by atoms with Crippen molar-refractivity contribution in [3.8, 4) is 0 Å². The highest BCUT2D eigenvalue weighted by molar-refractivity contribution is 5.86. The summed E-state index contributed by atoms with van der Waals surface area (Å²) in [5, 5.41) is 28.7. The van der Waals surface area contributed by atoms with Crippen LogP contribution in [0.4, 0.5) is 4.79 Å². The van der Waals surface area contributed by atoms with E-state index in [1.807, 2.05) is 0 Å². The second kappa shape index (κ2) is 7.06. The Kier molecular flexibility index (Phi) is 5.71. The summed E-state index contributed by atoms with van der Waals surface area (Å²) in [4.78, 5) is 34.8. The van der Waals surface area contributed by atoms with E-state index >= 15 is 0 Å². The van der Waals surface area contributed by atoms with Crippen LogP contribution in [-0.4, -0.2) is 76.1 Å². The quantitative estimate of drug-likeness (QED) is 0.494. The number of aliphatic carboxylic acids is 2. The number of rotatable bonds is 5. The number of urea groups is 1. The van der Waals surface area contributed by atoms with E-state index in [4.69, 9.17) is 20.1 Å². The van der Waals surface area contributed by atoms with Gasteiger partial charge >= 0.3 is 18.0 Å². The molecule has 1 rings (SSSR count). The lowest BCUT2D eigenvalue weighted by Gasteiger charge is -2.37. The van der Waals surface area contributed by atoms with Crippen LogP contribution in [0.1, 0.15) is 13.3 Å². The average Bonchev–Trinajstić information content (AvgIpc) is 2.37. The molecule has 1 saturated heterocycles. The second-order valence-electron chi connectivity index (χ2n) is 4.58. The van der Waals surface area contributed by atoms with E-state index < -0.39 is 36.5 Å². The van der Waals surface area contributed by atoms with Crippen molar-refractivity contribution in [1.82, 2.24) is 10.2 Å². The number of aliphatic hydroxyl groups excluding tert-OH is 1. The van der Waals surface area contributed by atoms with E-state index in [2.05, 4.69) is 5.32 Å². The van der Waals surface area contributed by atoms with Crippen molar-refractivity contribution in [3.05, 3.63) is 0 Å². The zero-order valence-corrected chi connectivity index (χ0v) is 11.0. The third kappa shape index (κ3) is 4.35. The van der Waals surface area contributed by atoms with Crippen LogP contribution in [0.3, 0.4) is 0 Å². The van der Waals surface area contributed by atoms with Gasteiger partial charge in [0.25, 0.3) is 0 Å². The van der Waals surface area contributed by atoms with Crippen molar-refractivity contribution in [3.63, 3.8) is 0 Å². The normalized spacial score (nSPS) is 24.0. The monoisotopic (exact) mass is 290 g/mol. The minimum Gasteiger partial charge on any atom is -0.481 e. The molecule has 9 nitrogen and oxygen atoms in total. The molecule has 0 aromatic heterocycles. The summed E-state index contributed by atoms with van der Waals surface area (Å²) in [7, 11) is 0. The number of hydrogen-bond donors (Lipinski definition) is 4. The molecule has 3 atom stereocenters.